The van der Waals surface area contributed by atoms with E-state index in [1.807, 2.05) is 0 Å². The van der Waals surface area contributed by atoms with Crippen molar-refractivity contribution < 1.29 is 4.79 Å². The lowest BCUT2D eigenvalue weighted by molar-refractivity contribution is -0.136. The number of carbonyl (C=O) groups excluding carboxylic acids is 1. The molecular weight excluding hydrogens is 246 g/mol. The minimum atomic E-state index is 0.195. The summed E-state index contributed by atoms with van der Waals surface area (Å²) in [5.41, 5.74) is 3.94. The van der Waals surface area contributed by atoms with E-state index in [9.17, 15) is 4.79 Å². The number of hydrogen-bond donors (Lipinski definition) is 0. The fraction of sp³-hybridized carbons (Fsp3) is 0.500. The molecule has 0 radical (unpaired) electrons. The molecule has 1 amide bonds. The maximum absolute atomic E-state index is 12.7. The minimum absolute atomic E-state index is 0.195. The average molecular weight is 269 g/mol. The minimum Gasteiger partial charge on any atom is -0.335 e. The maximum atomic E-state index is 12.7. The van der Waals surface area contributed by atoms with Gasteiger partial charge in [0.2, 0.25) is 5.91 Å². The Labute approximate surface area is 121 Å². The van der Waals surface area contributed by atoms with Crippen LogP contribution in [-0.4, -0.2) is 17.4 Å². The number of aryl methyl sites for hydroxylation is 2. The van der Waals surface area contributed by atoms with E-state index in [1.165, 1.54) is 16.7 Å². The van der Waals surface area contributed by atoms with Gasteiger partial charge in [0.15, 0.2) is 0 Å². The predicted molar refractivity (Wildman–Crippen MR) is 81.5 cm³/mol. The van der Waals surface area contributed by atoms with Gasteiger partial charge in [-0.05, 0) is 50.7 Å². The SMILES string of the molecule is Cc1ccc(C)c(C2CCCN2C(=O)C2CC=CC2)c1. The molecule has 3 rings (SSSR count). The van der Waals surface area contributed by atoms with E-state index in [4.69, 9.17) is 0 Å². The van der Waals surface area contributed by atoms with Crippen LogP contribution in [0.2, 0.25) is 0 Å². The molecule has 0 bridgehead atoms. The lowest BCUT2D eigenvalue weighted by atomic mass is 9.96. The van der Waals surface area contributed by atoms with Crippen molar-refractivity contribution in [2.24, 2.45) is 5.92 Å². The van der Waals surface area contributed by atoms with Gasteiger partial charge in [0.1, 0.15) is 0 Å². The van der Waals surface area contributed by atoms with Crippen LogP contribution in [0.1, 0.15) is 48.4 Å². The smallest absolute Gasteiger partial charge is 0.226 e. The summed E-state index contributed by atoms with van der Waals surface area (Å²) in [7, 11) is 0. The van der Waals surface area contributed by atoms with E-state index in [1.54, 1.807) is 0 Å². The second-order valence-corrected chi connectivity index (χ2v) is 6.19. The van der Waals surface area contributed by atoms with Crippen LogP contribution in [0.3, 0.4) is 0 Å². The first-order chi connectivity index (χ1) is 9.66. The molecule has 0 spiro atoms. The first-order valence-corrected chi connectivity index (χ1v) is 7.69. The molecule has 1 aliphatic carbocycles. The molecule has 1 atom stereocenters. The van der Waals surface area contributed by atoms with Crippen LogP contribution in [0.4, 0.5) is 0 Å². The van der Waals surface area contributed by atoms with E-state index in [2.05, 4.69) is 49.1 Å². The van der Waals surface area contributed by atoms with E-state index in [-0.39, 0.29) is 5.92 Å². The molecule has 0 N–H and O–H groups in total. The summed E-state index contributed by atoms with van der Waals surface area (Å²) in [6.45, 7) is 5.21. The Morgan fingerprint density at radius 1 is 1.20 bits per heavy atom. The van der Waals surface area contributed by atoms with Crippen molar-refractivity contribution in [2.45, 2.75) is 45.6 Å². The predicted octanol–water partition coefficient (Wildman–Crippen LogP) is 3.93. The zero-order valence-corrected chi connectivity index (χ0v) is 12.4. The molecule has 2 nitrogen and oxygen atoms in total. The number of amides is 1. The largest absolute Gasteiger partial charge is 0.335 e. The van der Waals surface area contributed by atoms with Gasteiger partial charge in [-0.2, -0.15) is 0 Å². The van der Waals surface area contributed by atoms with Gasteiger partial charge in [0.05, 0.1) is 6.04 Å². The lowest BCUT2D eigenvalue weighted by Gasteiger charge is -2.29. The molecule has 1 aliphatic heterocycles. The fourth-order valence-corrected chi connectivity index (χ4v) is 3.53. The normalized spacial score (nSPS) is 22.7. The number of nitrogens with zero attached hydrogens (tertiary/aromatic N) is 1. The standard InChI is InChI=1S/C18H23NO/c1-13-9-10-14(2)16(12-13)17-8-5-11-19(17)18(20)15-6-3-4-7-15/h3-4,9-10,12,15,17H,5-8,11H2,1-2H3. The Morgan fingerprint density at radius 2 is 1.95 bits per heavy atom. The molecule has 106 valence electrons. The van der Waals surface area contributed by atoms with Gasteiger partial charge in [-0.1, -0.05) is 35.9 Å². The quantitative estimate of drug-likeness (QED) is 0.745. The molecule has 2 aliphatic rings. The molecule has 1 heterocycles. The van der Waals surface area contributed by atoms with Crippen molar-refractivity contribution in [3.8, 4) is 0 Å². The van der Waals surface area contributed by atoms with E-state index < -0.39 is 0 Å². The molecule has 1 saturated heterocycles. The molecule has 2 heteroatoms. The monoisotopic (exact) mass is 269 g/mol. The number of rotatable bonds is 2. The second kappa shape index (κ2) is 5.43. The van der Waals surface area contributed by atoms with Gasteiger partial charge in [-0.25, -0.2) is 0 Å². The average Bonchev–Trinajstić information content (AvgIpc) is 3.11. The molecule has 1 aromatic rings. The van der Waals surface area contributed by atoms with Crippen LogP contribution in [0.15, 0.2) is 30.4 Å². The summed E-state index contributed by atoms with van der Waals surface area (Å²) >= 11 is 0. The Morgan fingerprint density at radius 3 is 2.70 bits per heavy atom. The highest BCUT2D eigenvalue weighted by Crippen LogP contribution is 2.36. The summed E-state index contributed by atoms with van der Waals surface area (Å²) < 4.78 is 0. The van der Waals surface area contributed by atoms with Gasteiger partial charge in [-0.15, -0.1) is 0 Å². The van der Waals surface area contributed by atoms with E-state index >= 15 is 0 Å². The van der Waals surface area contributed by atoms with Crippen molar-refractivity contribution in [2.75, 3.05) is 6.54 Å². The van der Waals surface area contributed by atoms with Crippen molar-refractivity contribution in [3.63, 3.8) is 0 Å². The lowest BCUT2D eigenvalue weighted by Crippen LogP contribution is -2.35. The molecule has 1 fully saturated rings. The molecular formula is C18H23NO. The van der Waals surface area contributed by atoms with Crippen LogP contribution in [0, 0.1) is 19.8 Å². The molecule has 0 aromatic heterocycles. The molecule has 0 saturated carbocycles. The Kier molecular flexibility index (Phi) is 3.64. The highest BCUT2D eigenvalue weighted by molar-refractivity contribution is 5.80. The number of benzene rings is 1. The summed E-state index contributed by atoms with van der Waals surface area (Å²) in [6.07, 6.45) is 8.38. The van der Waals surface area contributed by atoms with Gasteiger partial charge in [0.25, 0.3) is 0 Å². The number of carbonyl (C=O) groups is 1. The van der Waals surface area contributed by atoms with Crippen molar-refractivity contribution in [3.05, 3.63) is 47.0 Å². The zero-order chi connectivity index (χ0) is 14.1. The Balaban J connectivity index is 1.84. The highest BCUT2D eigenvalue weighted by atomic mass is 16.2. The van der Waals surface area contributed by atoms with E-state index in [0.29, 0.717) is 11.9 Å². The molecule has 1 unspecified atom stereocenters. The van der Waals surface area contributed by atoms with Gasteiger partial charge in [0, 0.05) is 12.5 Å². The third-order valence-electron chi connectivity index (χ3n) is 4.69. The molecule has 1 aromatic carbocycles. The first kappa shape index (κ1) is 13.4. The summed E-state index contributed by atoms with van der Waals surface area (Å²) in [4.78, 5) is 14.9. The Bertz CT molecular complexity index is 538. The third-order valence-corrected chi connectivity index (χ3v) is 4.69. The van der Waals surface area contributed by atoms with Crippen LogP contribution in [0.25, 0.3) is 0 Å². The summed E-state index contributed by atoms with van der Waals surface area (Å²) in [5, 5.41) is 0. The van der Waals surface area contributed by atoms with Crippen LogP contribution >= 0.6 is 0 Å². The topological polar surface area (TPSA) is 20.3 Å². The van der Waals surface area contributed by atoms with Crippen LogP contribution in [-0.2, 0) is 4.79 Å². The maximum Gasteiger partial charge on any atom is 0.226 e. The summed E-state index contributed by atoms with van der Waals surface area (Å²) in [6, 6.07) is 6.89. The molecule has 20 heavy (non-hydrogen) atoms. The van der Waals surface area contributed by atoms with Gasteiger partial charge >= 0.3 is 0 Å². The summed E-state index contributed by atoms with van der Waals surface area (Å²) in [5.74, 6) is 0.555. The van der Waals surface area contributed by atoms with Crippen LogP contribution < -0.4 is 0 Å². The number of allylic oxidation sites excluding steroid dienone is 2. The van der Waals surface area contributed by atoms with Crippen molar-refractivity contribution >= 4 is 5.91 Å². The van der Waals surface area contributed by atoms with E-state index in [0.717, 1.165) is 32.2 Å². The Hall–Kier alpha value is -1.57. The first-order valence-electron chi connectivity index (χ1n) is 7.69. The number of likely N-dealkylation sites (tertiary alicyclic amines) is 1. The number of hydrogen-bond acceptors (Lipinski definition) is 1. The van der Waals surface area contributed by atoms with Crippen molar-refractivity contribution in [1.29, 1.82) is 0 Å². The van der Waals surface area contributed by atoms with Gasteiger partial charge in [-0.3, -0.25) is 4.79 Å². The second-order valence-electron chi connectivity index (χ2n) is 6.19. The highest BCUT2D eigenvalue weighted by Gasteiger charge is 2.34. The zero-order valence-electron chi connectivity index (χ0n) is 12.4. The van der Waals surface area contributed by atoms with Gasteiger partial charge < -0.3 is 4.90 Å². The van der Waals surface area contributed by atoms with Crippen LogP contribution in [0.5, 0.6) is 0 Å². The third kappa shape index (κ3) is 2.39. The fourth-order valence-electron chi connectivity index (χ4n) is 3.53. The van der Waals surface area contributed by atoms with Crippen molar-refractivity contribution in [1.82, 2.24) is 4.90 Å².